The van der Waals surface area contributed by atoms with Crippen LogP contribution >= 0.6 is 0 Å². The molecule has 2 aromatic carbocycles. The Morgan fingerprint density at radius 3 is 2.38 bits per heavy atom. The minimum Gasteiger partial charge on any atom is -0.507 e. The number of nitro groups is 1. The predicted molar refractivity (Wildman–Crippen MR) is 139 cm³/mol. The van der Waals surface area contributed by atoms with Crippen molar-refractivity contribution >= 4 is 34.7 Å². The highest BCUT2D eigenvalue weighted by Gasteiger charge is 2.66. The third kappa shape index (κ3) is 3.79. The van der Waals surface area contributed by atoms with Crippen molar-refractivity contribution in [2.75, 3.05) is 0 Å². The average molecular weight is 549 g/mol. The van der Waals surface area contributed by atoms with E-state index in [4.69, 9.17) is 5.73 Å². The minimum atomic E-state index is -2.73. The van der Waals surface area contributed by atoms with Crippen molar-refractivity contribution in [3.05, 3.63) is 57.1 Å². The van der Waals surface area contributed by atoms with E-state index in [9.17, 15) is 44.3 Å². The summed E-state index contributed by atoms with van der Waals surface area (Å²) < 4.78 is 0. The van der Waals surface area contributed by atoms with Crippen molar-refractivity contribution in [2.24, 2.45) is 29.4 Å². The Morgan fingerprint density at radius 1 is 1.10 bits per heavy atom. The first kappa shape index (κ1) is 27.3. The van der Waals surface area contributed by atoms with Crippen LogP contribution in [-0.2, 0) is 31.0 Å². The lowest BCUT2D eigenvalue weighted by Crippen LogP contribution is -2.68. The number of amides is 1. The van der Waals surface area contributed by atoms with E-state index in [0.717, 1.165) is 0 Å². The number of phenolic OH excluding ortho intramolecular Hbond substituents is 1. The Hall–Kier alpha value is -4.25. The van der Waals surface area contributed by atoms with Gasteiger partial charge in [-0.2, -0.15) is 0 Å². The number of nitro benzene ring substituents is 1. The van der Waals surface area contributed by atoms with Gasteiger partial charge in [-0.25, -0.2) is 0 Å². The first-order valence-electron chi connectivity index (χ1n) is 12.9. The van der Waals surface area contributed by atoms with Crippen LogP contribution in [0.15, 0.2) is 30.3 Å². The quantitative estimate of drug-likeness (QED) is 0.293. The van der Waals surface area contributed by atoms with Crippen molar-refractivity contribution < 1.29 is 39.1 Å². The third-order valence-corrected chi connectivity index (χ3v) is 8.58. The Bertz CT molecular complexity index is 1550. The Labute approximate surface area is 228 Å². The van der Waals surface area contributed by atoms with Gasteiger partial charge in [0.25, 0.3) is 5.69 Å². The number of carbonyl (C=O) groups is 5. The number of primary amides is 1. The summed E-state index contributed by atoms with van der Waals surface area (Å²) in [6.07, 6.45) is -0.406. The number of carbonyl (C=O) groups excluding carboxylic acids is 5. The maximum absolute atomic E-state index is 14.1. The molecule has 4 N–H and O–H groups in total. The summed E-state index contributed by atoms with van der Waals surface area (Å²) in [4.78, 5) is 76.3. The smallest absolute Gasteiger partial charge is 0.270 e. The van der Waals surface area contributed by atoms with Gasteiger partial charge in [0, 0.05) is 30.0 Å². The number of aromatic hydroxyl groups is 1. The standard InChI is InChI=1S/C29H28N2O9/c1-28(2,3)18-11-16(12-5-4-6-15(8-12)31(39)40)17-9-13-7-14-10-19(32)22(27(30)37)26(36)29(14,38)25(35)20(13)24(34)21(17)23(18)33/h4-6,8,11,13-14,20,22,33,38H,7,9-10H2,1-3H3,(H2,30,37)/t13-,14+,20?,22?,29+/m1/s1. The zero-order valence-corrected chi connectivity index (χ0v) is 22.1. The lowest BCUT2D eigenvalue weighted by Gasteiger charge is -2.48. The lowest BCUT2D eigenvalue weighted by atomic mass is 9.53. The van der Waals surface area contributed by atoms with Crippen molar-refractivity contribution in [1.29, 1.82) is 0 Å². The van der Waals surface area contributed by atoms with Crippen molar-refractivity contribution in [1.82, 2.24) is 0 Å². The molecule has 2 unspecified atom stereocenters. The number of benzene rings is 2. The summed E-state index contributed by atoms with van der Waals surface area (Å²) in [5, 5.41) is 34.2. The van der Waals surface area contributed by atoms with Gasteiger partial charge in [0.15, 0.2) is 34.7 Å². The van der Waals surface area contributed by atoms with Crippen LogP contribution in [0.1, 0.15) is 55.1 Å². The van der Waals surface area contributed by atoms with Gasteiger partial charge in [-0.1, -0.05) is 32.9 Å². The zero-order valence-electron chi connectivity index (χ0n) is 22.1. The molecule has 3 aliphatic rings. The van der Waals surface area contributed by atoms with Gasteiger partial charge in [-0.05, 0) is 46.9 Å². The molecule has 11 nitrogen and oxygen atoms in total. The second-order valence-electron chi connectivity index (χ2n) is 12.0. The molecule has 11 heteroatoms. The molecule has 40 heavy (non-hydrogen) atoms. The largest absolute Gasteiger partial charge is 0.507 e. The molecule has 2 saturated carbocycles. The van der Waals surface area contributed by atoms with Crippen LogP contribution in [0.4, 0.5) is 5.69 Å². The van der Waals surface area contributed by atoms with Crippen molar-refractivity contribution in [2.45, 2.75) is 51.0 Å². The number of hydrogen-bond donors (Lipinski definition) is 3. The molecule has 0 radical (unpaired) electrons. The monoisotopic (exact) mass is 548 g/mol. The van der Waals surface area contributed by atoms with Gasteiger partial charge >= 0.3 is 0 Å². The Balaban J connectivity index is 1.71. The van der Waals surface area contributed by atoms with Gasteiger partial charge in [-0.3, -0.25) is 34.1 Å². The molecule has 0 heterocycles. The number of phenols is 1. The maximum Gasteiger partial charge on any atom is 0.270 e. The summed E-state index contributed by atoms with van der Waals surface area (Å²) in [6, 6.07) is 7.54. The molecule has 5 atom stereocenters. The highest BCUT2D eigenvalue weighted by molar-refractivity contribution is 6.31. The molecular formula is C29H28N2O9. The van der Waals surface area contributed by atoms with Crippen LogP contribution in [0.3, 0.4) is 0 Å². The summed E-state index contributed by atoms with van der Waals surface area (Å²) in [6.45, 7) is 5.42. The lowest BCUT2D eigenvalue weighted by molar-refractivity contribution is -0.384. The first-order chi connectivity index (χ1) is 18.6. The molecule has 2 aromatic rings. The average Bonchev–Trinajstić information content (AvgIpc) is 2.85. The van der Waals surface area contributed by atoms with Crippen LogP contribution in [0.25, 0.3) is 11.1 Å². The van der Waals surface area contributed by atoms with Crippen molar-refractivity contribution in [3.8, 4) is 16.9 Å². The second kappa shape index (κ2) is 8.88. The van der Waals surface area contributed by atoms with E-state index >= 15 is 0 Å². The number of Topliss-reactive ketones (excluding diaryl/α,β-unsaturated/α-hetero) is 4. The van der Waals surface area contributed by atoms with Crippen LogP contribution in [0.2, 0.25) is 0 Å². The van der Waals surface area contributed by atoms with E-state index < -0.39 is 75.1 Å². The molecule has 0 spiro atoms. The predicted octanol–water partition coefficient (Wildman–Crippen LogP) is 2.20. The van der Waals surface area contributed by atoms with E-state index in [0.29, 0.717) is 22.3 Å². The Morgan fingerprint density at radius 2 is 1.77 bits per heavy atom. The molecule has 0 aromatic heterocycles. The van der Waals surface area contributed by atoms with Crippen LogP contribution in [-0.4, -0.2) is 49.8 Å². The Kier molecular flexibility index (Phi) is 6.07. The van der Waals surface area contributed by atoms with E-state index in [1.807, 2.05) is 20.8 Å². The maximum atomic E-state index is 14.1. The van der Waals surface area contributed by atoms with Gasteiger partial charge in [-0.15, -0.1) is 0 Å². The van der Waals surface area contributed by atoms with Crippen LogP contribution in [0.5, 0.6) is 5.75 Å². The molecule has 208 valence electrons. The fraction of sp³-hybridized carbons (Fsp3) is 0.414. The van der Waals surface area contributed by atoms with E-state index in [1.165, 1.54) is 18.2 Å². The number of fused-ring (bicyclic) bond motifs is 3. The number of rotatable bonds is 3. The van der Waals surface area contributed by atoms with Gasteiger partial charge in [0.1, 0.15) is 5.75 Å². The normalized spacial score (nSPS) is 28.0. The molecule has 0 bridgehead atoms. The van der Waals surface area contributed by atoms with Crippen LogP contribution in [0, 0.1) is 33.8 Å². The summed E-state index contributed by atoms with van der Waals surface area (Å²) in [7, 11) is 0. The highest BCUT2D eigenvalue weighted by atomic mass is 16.6. The summed E-state index contributed by atoms with van der Waals surface area (Å²) >= 11 is 0. The fourth-order valence-electron chi connectivity index (χ4n) is 6.65. The number of non-ortho nitro benzene ring substituents is 1. The minimum absolute atomic E-state index is 0.0444. The zero-order chi connectivity index (χ0) is 29.5. The van der Waals surface area contributed by atoms with E-state index in [-0.39, 0.29) is 29.8 Å². The van der Waals surface area contributed by atoms with Gasteiger partial charge < -0.3 is 15.9 Å². The highest BCUT2D eigenvalue weighted by Crippen LogP contribution is 2.52. The first-order valence-corrected chi connectivity index (χ1v) is 12.9. The molecule has 2 fully saturated rings. The van der Waals surface area contributed by atoms with Crippen LogP contribution < -0.4 is 5.73 Å². The van der Waals surface area contributed by atoms with E-state index in [1.54, 1.807) is 12.1 Å². The SMILES string of the molecule is CC(C)(C)c1cc(-c2cccc([N+](=O)[O-])c2)c2c(c1O)C(=O)C1C(=O)[C@]3(O)C(=O)C(C(N)=O)C(=O)C[C@@H]3C[C@@H]1C2. The molecule has 5 rings (SSSR count). The number of ketones is 4. The number of nitrogens with two attached hydrogens (primary N) is 1. The molecule has 0 aliphatic heterocycles. The number of hydrogen-bond acceptors (Lipinski definition) is 9. The van der Waals surface area contributed by atoms with Crippen molar-refractivity contribution in [3.63, 3.8) is 0 Å². The fourth-order valence-corrected chi connectivity index (χ4v) is 6.65. The molecule has 0 saturated heterocycles. The number of nitrogens with zero attached hydrogens (tertiary/aromatic N) is 1. The summed E-state index contributed by atoms with van der Waals surface area (Å²) in [5.41, 5.74) is 3.18. The third-order valence-electron chi connectivity index (χ3n) is 8.58. The van der Waals surface area contributed by atoms with E-state index in [2.05, 4.69) is 0 Å². The molecule has 3 aliphatic carbocycles. The number of aliphatic hydroxyl groups is 1. The second-order valence-corrected chi connectivity index (χ2v) is 12.0. The molecular weight excluding hydrogens is 520 g/mol. The molecule has 1 amide bonds. The summed E-state index contributed by atoms with van der Waals surface area (Å²) in [5.74, 6) is -11.0. The van der Waals surface area contributed by atoms with Gasteiger partial charge in [0.05, 0.1) is 16.4 Å². The van der Waals surface area contributed by atoms with Gasteiger partial charge in [0.2, 0.25) is 5.91 Å². The topological polar surface area (TPSA) is 195 Å².